The first-order valence-corrected chi connectivity index (χ1v) is 8.16. The second-order valence-corrected chi connectivity index (χ2v) is 6.35. The lowest BCUT2D eigenvalue weighted by Crippen LogP contribution is -2.31. The molecule has 20 heavy (non-hydrogen) atoms. The Morgan fingerprint density at radius 2 is 2.15 bits per heavy atom. The van der Waals surface area contributed by atoms with Crippen LogP contribution in [0.5, 0.6) is 5.75 Å². The van der Waals surface area contributed by atoms with Crippen LogP contribution in [0.15, 0.2) is 24.3 Å². The largest absolute Gasteiger partial charge is 0.483 e. The SMILES string of the molecule is CC(CCNC(=O)COc1ccccc1CN)S(C)=O. The summed E-state index contributed by atoms with van der Waals surface area (Å²) in [6.07, 6.45) is 2.35. The zero-order chi connectivity index (χ0) is 15.0. The number of hydrogen-bond donors (Lipinski definition) is 2. The van der Waals surface area contributed by atoms with E-state index >= 15 is 0 Å². The summed E-state index contributed by atoms with van der Waals surface area (Å²) < 4.78 is 16.6. The summed E-state index contributed by atoms with van der Waals surface area (Å²) in [6, 6.07) is 7.37. The fourth-order valence-corrected chi connectivity index (χ4v) is 2.04. The zero-order valence-electron chi connectivity index (χ0n) is 11.9. The van der Waals surface area contributed by atoms with Crippen LogP contribution in [0.25, 0.3) is 0 Å². The molecule has 112 valence electrons. The first-order chi connectivity index (χ1) is 9.54. The summed E-state index contributed by atoms with van der Waals surface area (Å²) in [5.41, 5.74) is 6.46. The monoisotopic (exact) mass is 298 g/mol. The average Bonchev–Trinajstić information content (AvgIpc) is 2.45. The van der Waals surface area contributed by atoms with Crippen LogP contribution >= 0.6 is 0 Å². The zero-order valence-corrected chi connectivity index (χ0v) is 12.7. The molecule has 0 radical (unpaired) electrons. The van der Waals surface area contributed by atoms with Gasteiger partial charge in [0.2, 0.25) is 0 Å². The van der Waals surface area contributed by atoms with E-state index in [0.717, 1.165) is 5.56 Å². The number of para-hydroxylation sites is 1. The van der Waals surface area contributed by atoms with Crippen molar-refractivity contribution in [1.82, 2.24) is 5.32 Å². The summed E-state index contributed by atoms with van der Waals surface area (Å²) in [4.78, 5) is 11.6. The average molecular weight is 298 g/mol. The van der Waals surface area contributed by atoms with Crippen molar-refractivity contribution in [1.29, 1.82) is 0 Å². The Labute approximate surface area is 122 Å². The van der Waals surface area contributed by atoms with Crippen LogP contribution in [0.4, 0.5) is 0 Å². The van der Waals surface area contributed by atoms with Gasteiger partial charge < -0.3 is 15.8 Å². The fraction of sp³-hybridized carbons (Fsp3) is 0.500. The van der Waals surface area contributed by atoms with Gasteiger partial charge in [-0.3, -0.25) is 9.00 Å². The molecule has 0 aliphatic heterocycles. The van der Waals surface area contributed by atoms with Gasteiger partial charge in [-0.15, -0.1) is 0 Å². The Morgan fingerprint density at radius 3 is 2.80 bits per heavy atom. The standard InChI is InChI=1S/C14H22N2O3S/c1-11(20(2)18)7-8-16-14(17)10-19-13-6-4-3-5-12(13)9-15/h3-6,11H,7-10,15H2,1-2H3,(H,16,17). The van der Waals surface area contributed by atoms with Gasteiger partial charge in [-0.25, -0.2) is 0 Å². The number of ether oxygens (including phenoxy) is 1. The molecule has 0 saturated heterocycles. The van der Waals surface area contributed by atoms with Crippen LogP contribution in [-0.4, -0.2) is 34.8 Å². The lowest BCUT2D eigenvalue weighted by molar-refractivity contribution is -0.123. The number of nitrogens with two attached hydrogens (primary N) is 1. The molecule has 1 rings (SSSR count). The highest BCUT2D eigenvalue weighted by Gasteiger charge is 2.08. The van der Waals surface area contributed by atoms with Gasteiger partial charge in [0.15, 0.2) is 6.61 Å². The maximum Gasteiger partial charge on any atom is 0.257 e. The summed E-state index contributed by atoms with van der Waals surface area (Å²) in [6.45, 7) is 2.73. The van der Waals surface area contributed by atoms with Crippen molar-refractivity contribution in [2.45, 2.75) is 25.1 Å². The summed E-state index contributed by atoms with van der Waals surface area (Å²) >= 11 is 0. The quantitative estimate of drug-likeness (QED) is 0.744. The molecular formula is C14H22N2O3S. The second-order valence-electron chi connectivity index (χ2n) is 4.55. The molecule has 0 aromatic heterocycles. The summed E-state index contributed by atoms with van der Waals surface area (Å²) in [5.74, 6) is 0.444. The van der Waals surface area contributed by atoms with E-state index in [1.54, 1.807) is 12.3 Å². The van der Waals surface area contributed by atoms with E-state index in [1.807, 2.05) is 25.1 Å². The third-order valence-electron chi connectivity index (χ3n) is 2.99. The van der Waals surface area contributed by atoms with Crippen molar-refractivity contribution in [3.63, 3.8) is 0 Å². The summed E-state index contributed by atoms with van der Waals surface area (Å²) in [7, 11) is -0.859. The number of nitrogens with one attached hydrogen (secondary N) is 1. The van der Waals surface area contributed by atoms with Crippen molar-refractivity contribution in [2.75, 3.05) is 19.4 Å². The number of rotatable bonds is 8. The van der Waals surface area contributed by atoms with E-state index in [9.17, 15) is 9.00 Å². The molecule has 0 aliphatic carbocycles. The smallest absolute Gasteiger partial charge is 0.257 e. The molecule has 6 heteroatoms. The molecule has 1 aromatic carbocycles. The van der Waals surface area contributed by atoms with Crippen LogP contribution in [-0.2, 0) is 22.1 Å². The Balaban J connectivity index is 2.31. The van der Waals surface area contributed by atoms with Gasteiger partial charge >= 0.3 is 0 Å². The van der Waals surface area contributed by atoms with E-state index in [0.29, 0.717) is 25.3 Å². The summed E-state index contributed by atoms with van der Waals surface area (Å²) in [5, 5.41) is 2.82. The minimum atomic E-state index is -0.859. The van der Waals surface area contributed by atoms with Crippen molar-refractivity contribution < 1.29 is 13.7 Å². The Kier molecular flexibility index (Phi) is 7.25. The van der Waals surface area contributed by atoms with Crippen LogP contribution in [0.1, 0.15) is 18.9 Å². The van der Waals surface area contributed by atoms with Crippen LogP contribution in [0.3, 0.4) is 0 Å². The van der Waals surface area contributed by atoms with Gasteiger partial charge in [-0.1, -0.05) is 25.1 Å². The number of carbonyl (C=O) groups excluding carboxylic acids is 1. The lowest BCUT2D eigenvalue weighted by Gasteiger charge is -2.11. The predicted molar refractivity (Wildman–Crippen MR) is 81.0 cm³/mol. The molecule has 0 bridgehead atoms. The second kappa shape index (κ2) is 8.71. The normalized spacial score (nSPS) is 13.6. The lowest BCUT2D eigenvalue weighted by atomic mass is 10.2. The number of amides is 1. The van der Waals surface area contributed by atoms with E-state index in [-0.39, 0.29) is 17.8 Å². The number of benzene rings is 1. The van der Waals surface area contributed by atoms with Gasteiger partial charge in [-0.05, 0) is 12.5 Å². The third kappa shape index (κ3) is 5.71. The van der Waals surface area contributed by atoms with Crippen LogP contribution in [0, 0.1) is 0 Å². The molecule has 0 heterocycles. The number of hydrogen-bond acceptors (Lipinski definition) is 4. The van der Waals surface area contributed by atoms with E-state index in [1.165, 1.54) is 0 Å². The van der Waals surface area contributed by atoms with Crippen LogP contribution < -0.4 is 15.8 Å². The van der Waals surface area contributed by atoms with Gasteiger partial charge in [0.25, 0.3) is 5.91 Å². The van der Waals surface area contributed by atoms with E-state index < -0.39 is 10.8 Å². The molecule has 2 atom stereocenters. The minimum absolute atomic E-state index is 0.0411. The molecule has 2 unspecified atom stereocenters. The minimum Gasteiger partial charge on any atom is -0.483 e. The maximum absolute atomic E-state index is 11.6. The molecule has 5 nitrogen and oxygen atoms in total. The predicted octanol–water partition coefficient (Wildman–Crippen LogP) is 0.797. The van der Waals surface area contributed by atoms with E-state index in [2.05, 4.69) is 5.32 Å². The van der Waals surface area contributed by atoms with Crippen molar-refractivity contribution in [2.24, 2.45) is 5.73 Å². The molecule has 1 amide bonds. The van der Waals surface area contributed by atoms with Crippen LogP contribution in [0.2, 0.25) is 0 Å². The topological polar surface area (TPSA) is 81.4 Å². The first-order valence-electron chi connectivity index (χ1n) is 6.54. The van der Waals surface area contributed by atoms with E-state index in [4.69, 9.17) is 10.5 Å². The molecule has 0 saturated carbocycles. The molecular weight excluding hydrogens is 276 g/mol. The molecule has 0 fully saturated rings. The van der Waals surface area contributed by atoms with Crippen molar-refractivity contribution in [3.8, 4) is 5.75 Å². The van der Waals surface area contributed by atoms with Gasteiger partial charge in [-0.2, -0.15) is 0 Å². The molecule has 0 spiro atoms. The van der Waals surface area contributed by atoms with Crippen molar-refractivity contribution >= 4 is 16.7 Å². The highest BCUT2D eigenvalue weighted by Crippen LogP contribution is 2.16. The number of carbonyl (C=O) groups is 1. The molecule has 1 aromatic rings. The highest BCUT2D eigenvalue weighted by molar-refractivity contribution is 7.84. The Morgan fingerprint density at radius 1 is 1.45 bits per heavy atom. The highest BCUT2D eigenvalue weighted by atomic mass is 32.2. The van der Waals surface area contributed by atoms with Crippen molar-refractivity contribution in [3.05, 3.63) is 29.8 Å². The third-order valence-corrected chi connectivity index (χ3v) is 4.36. The maximum atomic E-state index is 11.6. The Hall–Kier alpha value is -1.40. The van der Waals surface area contributed by atoms with Gasteiger partial charge in [0.05, 0.1) is 0 Å². The molecule has 3 N–H and O–H groups in total. The first kappa shape index (κ1) is 16.7. The fourth-order valence-electron chi connectivity index (χ4n) is 1.59. The molecule has 0 aliphatic rings. The van der Waals surface area contributed by atoms with Gasteiger partial charge in [0, 0.05) is 41.0 Å². The van der Waals surface area contributed by atoms with Gasteiger partial charge in [0.1, 0.15) is 5.75 Å². The Bertz CT molecular complexity index is 465.